The molecule has 2 aromatic carbocycles. The van der Waals surface area contributed by atoms with Gasteiger partial charge in [-0.1, -0.05) is 47.1 Å². The van der Waals surface area contributed by atoms with Gasteiger partial charge in [0.15, 0.2) is 6.23 Å². The highest BCUT2D eigenvalue weighted by Gasteiger charge is 2.44. The van der Waals surface area contributed by atoms with E-state index in [1.807, 2.05) is 24.4 Å². The van der Waals surface area contributed by atoms with Crippen molar-refractivity contribution in [2.45, 2.75) is 62.7 Å². The molecule has 180 valence electrons. The number of nitrogens with zero attached hydrogens (tertiary/aromatic N) is 2. The quantitative estimate of drug-likeness (QED) is 0.350. The van der Waals surface area contributed by atoms with Gasteiger partial charge < -0.3 is 29.5 Å². The van der Waals surface area contributed by atoms with E-state index in [2.05, 4.69) is 29.4 Å². The first-order valence-electron chi connectivity index (χ1n) is 11.7. The molecular weight excluding hydrogens is 456 g/mol. The fraction of sp³-hybridized carbons (Fsp3) is 0.423. The molecule has 7 nitrogen and oxygen atoms in total. The van der Waals surface area contributed by atoms with Gasteiger partial charge in [-0.25, -0.2) is 0 Å². The number of oxime groups is 1. The van der Waals surface area contributed by atoms with Crippen LogP contribution in [0.3, 0.4) is 0 Å². The van der Waals surface area contributed by atoms with Gasteiger partial charge in [0.2, 0.25) is 0 Å². The maximum absolute atomic E-state index is 10.8. The number of aliphatic hydroxyl groups is 3. The largest absolute Gasteiger partial charge is 0.396 e. The minimum atomic E-state index is -1.42. The molecule has 1 aromatic heterocycles. The molecule has 3 aromatic rings. The highest BCUT2D eigenvalue weighted by molar-refractivity contribution is 6.35. The van der Waals surface area contributed by atoms with Crippen molar-refractivity contribution in [2.24, 2.45) is 5.16 Å². The number of fused-ring (bicyclic) bond motifs is 1. The SMILES string of the molecule is CCON=C[C@H]1O[C@@H](n2cc(Cc3ccc(C4CC4)cc3)c3c(Cl)cccc32)[C@H](O)[C@@H](O)[C@@H]1O. The summed E-state index contributed by atoms with van der Waals surface area (Å²) in [5, 5.41) is 37.0. The van der Waals surface area contributed by atoms with E-state index in [1.165, 1.54) is 24.6 Å². The Balaban J connectivity index is 1.49. The Labute approximate surface area is 203 Å². The van der Waals surface area contributed by atoms with Crippen LogP contribution in [0.4, 0.5) is 0 Å². The molecule has 1 aliphatic carbocycles. The highest BCUT2D eigenvalue weighted by atomic mass is 35.5. The number of hydrogen-bond acceptors (Lipinski definition) is 6. The predicted octanol–water partition coefficient (Wildman–Crippen LogP) is 3.77. The van der Waals surface area contributed by atoms with Crippen molar-refractivity contribution in [3.63, 3.8) is 0 Å². The fourth-order valence-electron chi connectivity index (χ4n) is 4.65. The van der Waals surface area contributed by atoms with E-state index in [0.29, 0.717) is 24.0 Å². The predicted molar refractivity (Wildman–Crippen MR) is 130 cm³/mol. The summed E-state index contributed by atoms with van der Waals surface area (Å²) in [6.45, 7) is 2.15. The van der Waals surface area contributed by atoms with Gasteiger partial charge >= 0.3 is 0 Å². The zero-order valence-corrected chi connectivity index (χ0v) is 19.7. The first-order valence-corrected chi connectivity index (χ1v) is 12.1. The Kier molecular flexibility index (Phi) is 6.64. The Morgan fingerprint density at radius 1 is 1.09 bits per heavy atom. The molecule has 2 aliphatic rings. The molecule has 34 heavy (non-hydrogen) atoms. The van der Waals surface area contributed by atoms with Gasteiger partial charge in [0, 0.05) is 11.6 Å². The molecule has 1 saturated heterocycles. The van der Waals surface area contributed by atoms with E-state index in [9.17, 15) is 15.3 Å². The van der Waals surface area contributed by atoms with E-state index in [4.69, 9.17) is 21.2 Å². The molecule has 1 aliphatic heterocycles. The van der Waals surface area contributed by atoms with E-state index in [0.717, 1.165) is 22.0 Å². The van der Waals surface area contributed by atoms with Crippen molar-refractivity contribution in [1.82, 2.24) is 4.57 Å². The lowest BCUT2D eigenvalue weighted by molar-refractivity contribution is -0.225. The summed E-state index contributed by atoms with van der Waals surface area (Å²) in [4.78, 5) is 4.98. The summed E-state index contributed by atoms with van der Waals surface area (Å²) in [5.74, 6) is 0.705. The van der Waals surface area contributed by atoms with Crippen LogP contribution in [0.2, 0.25) is 5.02 Å². The standard InChI is InChI=1S/C26H29ClN2O5/c1-2-33-28-13-21-23(30)24(31)25(32)26(34-21)29-14-18(22-19(27)4-3-5-20(22)29)12-15-6-8-16(9-7-15)17-10-11-17/h3-9,13-14,17,21,23-26,30-32H,2,10-12H2,1H3/t21-,23-,24+,25-,26-/m1/s1. The van der Waals surface area contributed by atoms with Crippen LogP contribution in [0, 0.1) is 0 Å². The first-order chi connectivity index (χ1) is 16.5. The summed E-state index contributed by atoms with van der Waals surface area (Å²) >= 11 is 6.61. The van der Waals surface area contributed by atoms with Crippen molar-refractivity contribution in [2.75, 3.05) is 6.61 Å². The van der Waals surface area contributed by atoms with Crippen LogP contribution in [0.25, 0.3) is 10.9 Å². The zero-order chi connectivity index (χ0) is 23.8. The van der Waals surface area contributed by atoms with Gasteiger partial charge in [0.1, 0.15) is 31.0 Å². The normalized spacial score (nSPS) is 27.5. The summed E-state index contributed by atoms with van der Waals surface area (Å²) in [5.41, 5.74) is 4.29. The molecule has 1 saturated carbocycles. The molecule has 0 unspecified atom stereocenters. The topological polar surface area (TPSA) is 96.4 Å². The second kappa shape index (κ2) is 9.68. The van der Waals surface area contributed by atoms with Gasteiger partial charge in [-0.2, -0.15) is 0 Å². The molecule has 0 bridgehead atoms. The number of aromatic nitrogens is 1. The smallest absolute Gasteiger partial charge is 0.163 e. The molecule has 3 N–H and O–H groups in total. The van der Waals surface area contributed by atoms with Crippen molar-refractivity contribution < 1.29 is 24.9 Å². The second-order valence-corrected chi connectivity index (χ2v) is 9.43. The van der Waals surface area contributed by atoms with Crippen molar-refractivity contribution in [1.29, 1.82) is 0 Å². The Hall–Kier alpha value is -2.42. The van der Waals surface area contributed by atoms with E-state index < -0.39 is 30.6 Å². The lowest BCUT2D eigenvalue weighted by atomic mass is 9.98. The van der Waals surface area contributed by atoms with Crippen molar-refractivity contribution >= 4 is 28.7 Å². The maximum Gasteiger partial charge on any atom is 0.163 e. The number of rotatable bonds is 7. The molecule has 8 heteroatoms. The number of hydrogen-bond donors (Lipinski definition) is 3. The summed E-state index contributed by atoms with van der Waals surface area (Å²) < 4.78 is 7.78. The summed E-state index contributed by atoms with van der Waals surface area (Å²) in [6, 6.07) is 14.3. The second-order valence-electron chi connectivity index (χ2n) is 9.02. The molecule has 2 fully saturated rings. The van der Waals surface area contributed by atoms with Crippen LogP contribution < -0.4 is 0 Å². The monoisotopic (exact) mass is 484 g/mol. The Morgan fingerprint density at radius 3 is 2.56 bits per heavy atom. The third-order valence-electron chi connectivity index (χ3n) is 6.62. The lowest BCUT2D eigenvalue weighted by Crippen LogP contribution is -2.55. The Morgan fingerprint density at radius 2 is 1.85 bits per heavy atom. The average molecular weight is 485 g/mol. The van der Waals surface area contributed by atoms with Crippen LogP contribution in [0.1, 0.15) is 48.6 Å². The zero-order valence-electron chi connectivity index (χ0n) is 18.9. The number of ether oxygens (including phenoxy) is 1. The van der Waals surface area contributed by atoms with Gasteiger partial charge in [-0.05, 0) is 60.9 Å². The fourth-order valence-corrected chi connectivity index (χ4v) is 4.95. The van der Waals surface area contributed by atoms with Crippen LogP contribution >= 0.6 is 11.6 Å². The van der Waals surface area contributed by atoms with Gasteiger partial charge in [0.25, 0.3) is 0 Å². The Bertz CT molecular complexity index is 1170. The minimum absolute atomic E-state index is 0.361. The van der Waals surface area contributed by atoms with E-state index in [-0.39, 0.29) is 0 Å². The van der Waals surface area contributed by atoms with Gasteiger partial charge in [0.05, 0.1) is 16.8 Å². The first kappa shape index (κ1) is 23.3. The van der Waals surface area contributed by atoms with E-state index in [1.54, 1.807) is 11.5 Å². The molecule has 0 spiro atoms. The van der Waals surface area contributed by atoms with Crippen molar-refractivity contribution in [3.05, 3.63) is 70.4 Å². The summed E-state index contributed by atoms with van der Waals surface area (Å²) in [6.07, 6.45) is 0.364. The third kappa shape index (κ3) is 4.46. The number of aliphatic hydroxyl groups excluding tert-OH is 3. The maximum atomic E-state index is 10.8. The van der Waals surface area contributed by atoms with Gasteiger partial charge in [-0.3, -0.25) is 0 Å². The molecule has 0 radical (unpaired) electrons. The van der Waals surface area contributed by atoms with Crippen LogP contribution in [0.5, 0.6) is 0 Å². The molecule has 0 amide bonds. The average Bonchev–Trinajstić information content (AvgIpc) is 3.62. The van der Waals surface area contributed by atoms with Crippen LogP contribution in [-0.4, -0.2) is 57.1 Å². The molecule has 2 heterocycles. The van der Waals surface area contributed by atoms with Crippen LogP contribution in [-0.2, 0) is 16.0 Å². The number of halogens is 1. The van der Waals surface area contributed by atoms with Crippen LogP contribution in [0.15, 0.2) is 53.8 Å². The molecule has 5 atom stereocenters. The third-order valence-corrected chi connectivity index (χ3v) is 6.93. The lowest BCUT2D eigenvalue weighted by Gasteiger charge is -2.39. The molecule has 5 rings (SSSR count). The summed E-state index contributed by atoms with van der Waals surface area (Å²) in [7, 11) is 0. The minimum Gasteiger partial charge on any atom is -0.396 e. The van der Waals surface area contributed by atoms with Gasteiger partial charge in [-0.15, -0.1) is 0 Å². The van der Waals surface area contributed by atoms with E-state index >= 15 is 0 Å². The van der Waals surface area contributed by atoms with Crippen molar-refractivity contribution in [3.8, 4) is 0 Å². The molecular formula is C26H29ClN2O5. The number of benzene rings is 2. The highest BCUT2D eigenvalue weighted by Crippen LogP contribution is 2.40.